The normalized spacial score (nSPS) is 16.0. The van der Waals surface area contributed by atoms with Gasteiger partial charge in [-0.05, 0) is 0 Å². The first kappa shape index (κ1) is 7.58. The number of carbonyl (C=O) groups is 1. The highest BCUT2D eigenvalue weighted by Gasteiger charge is 1.91. The minimum atomic E-state index is -2.69. The van der Waals surface area contributed by atoms with Gasteiger partial charge in [-0.15, -0.1) is 0 Å². The Morgan fingerprint density at radius 2 is 2.25 bits per heavy atom. The average molecular weight is 151 g/mol. The van der Waals surface area contributed by atoms with Crippen LogP contribution in [0.4, 0.5) is 0 Å². The van der Waals surface area contributed by atoms with Gasteiger partial charge in [-0.1, -0.05) is 6.58 Å². The Morgan fingerprint density at radius 1 is 1.75 bits per heavy atom. The molecule has 0 bridgehead atoms. The lowest BCUT2D eigenvalue weighted by molar-refractivity contribution is -0.108. The molecule has 0 aliphatic carbocycles. The predicted octanol–water partition coefficient (Wildman–Crippen LogP) is -0.463. The fourth-order valence-electron chi connectivity index (χ4n) is 0.115. The van der Waals surface area contributed by atoms with Gasteiger partial charge in [-0.25, -0.2) is 4.21 Å². The molecule has 1 unspecified atom stereocenters. The van der Waals surface area contributed by atoms with Gasteiger partial charge < -0.3 is 0 Å². The molecule has 0 heterocycles. The van der Waals surface area contributed by atoms with Crippen LogP contribution in [0, 0.1) is 0 Å². The summed E-state index contributed by atoms with van der Waals surface area (Å²) in [6, 6.07) is 0. The fourth-order valence-corrected chi connectivity index (χ4v) is 0.463. The molecule has 0 spiro atoms. The Labute approximate surface area is 52.6 Å². The van der Waals surface area contributed by atoms with Crippen LogP contribution < -0.4 is 4.72 Å². The van der Waals surface area contributed by atoms with Gasteiger partial charge >= 0.3 is 0 Å². The van der Waals surface area contributed by atoms with Gasteiger partial charge in [0.05, 0.1) is 0 Å². The number of amides is 1. The van der Waals surface area contributed by atoms with E-state index in [2.05, 4.69) is 17.8 Å². The molecule has 0 aliphatic rings. The summed E-state index contributed by atoms with van der Waals surface area (Å²) in [5.41, 5.74) is 0. The van der Waals surface area contributed by atoms with Crippen molar-refractivity contribution in [3.05, 3.63) is 12.0 Å². The van der Waals surface area contributed by atoms with Crippen LogP contribution in [0.3, 0.4) is 0 Å². The molecule has 3 nitrogen and oxygen atoms in total. The SMILES string of the molecule is C=CS(=O)(=S)NC=O. The molecule has 0 saturated carbocycles. The monoisotopic (exact) mass is 151 g/mol. The van der Waals surface area contributed by atoms with E-state index in [1.54, 1.807) is 0 Å². The first-order valence-corrected chi connectivity index (χ1v) is 4.25. The molecule has 0 aromatic rings. The maximum Gasteiger partial charge on any atom is 0.219 e. The summed E-state index contributed by atoms with van der Waals surface area (Å²) in [6.45, 7) is 3.15. The molecule has 0 fully saturated rings. The highest BCUT2D eigenvalue weighted by Crippen LogP contribution is 1.79. The van der Waals surface area contributed by atoms with Gasteiger partial charge in [0.25, 0.3) is 0 Å². The van der Waals surface area contributed by atoms with Gasteiger partial charge in [-0.2, -0.15) is 0 Å². The third kappa shape index (κ3) is 2.70. The zero-order chi connectivity index (χ0) is 6.62. The van der Waals surface area contributed by atoms with E-state index in [9.17, 15) is 9.00 Å². The van der Waals surface area contributed by atoms with Crippen LogP contribution in [-0.4, -0.2) is 10.6 Å². The molecule has 8 heavy (non-hydrogen) atoms. The Bertz CT molecular complexity index is 181. The van der Waals surface area contributed by atoms with Crippen LogP contribution in [0.1, 0.15) is 0 Å². The number of hydrogen-bond donors (Lipinski definition) is 1. The third-order valence-electron chi connectivity index (χ3n) is 0.432. The molecule has 1 N–H and O–H groups in total. The van der Waals surface area contributed by atoms with E-state index in [4.69, 9.17) is 0 Å². The second kappa shape index (κ2) is 2.78. The minimum Gasteiger partial charge on any atom is -0.278 e. The van der Waals surface area contributed by atoms with Crippen molar-refractivity contribution in [3.63, 3.8) is 0 Å². The Morgan fingerprint density at radius 3 is 2.38 bits per heavy atom. The van der Waals surface area contributed by atoms with Crippen molar-refractivity contribution in [2.75, 3.05) is 0 Å². The lowest BCUT2D eigenvalue weighted by Crippen LogP contribution is -2.16. The smallest absolute Gasteiger partial charge is 0.219 e. The van der Waals surface area contributed by atoms with E-state index < -0.39 is 8.68 Å². The Hall–Kier alpha value is -0.420. The zero-order valence-corrected chi connectivity index (χ0v) is 5.63. The molecule has 5 heteroatoms. The summed E-state index contributed by atoms with van der Waals surface area (Å²) < 4.78 is 12.4. The summed E-state index contributed by atoms with van der Waals surface area (Å²) in [6.07, 6.45) is 0.289. The van der Waals surface area contributed by atoms with Gasteiger partial charge in [0, 0.05) is 16.6 Å². The van der Waals surface area contributed by atoms with Crippen molar-refractivity contribution in [2.45, 2.75) is 0 Å². The van der Waals surface area contributed by atoms with Gasteiger partial charge in [-0.3, -0.25) is 9.52 Å². The quantitative estimate of drug-likeness (QED) is 0.555. The molecule has 1 atom stereocenters. The Balaban J connectivity index is 4.15. The fraction of sp³-hybridized carbons (Fsp3) is 0. The molecular weight excluding hydrogens is 146 g/mol. The summed E-state index contributed by atoms with van der Waals surface area (Å²) in [5.74, 6) is 0. The van der Waals surface area contributed by atoms with Crippen LogP contribution in [0.25, 0.3) is 0 Å². The van der Waals surface area contributed by atoms with E-state index >= 15 is 0 Å². The number of carbonyl (C=O) groups excluding carboxylic acids is 1. The molecular formula is C3H5NO2S2. The molecule has 1 amide bonds. The summed E-state index contributed by atoms with van der Waals surface area (Å²) >= 11 is 4.31. The van der Waals surface area contributed by atoms with Crippen LogP contribution in [-0.2, 0) is 24.7 Å². The topological polar surface area (TPSA) is 46.2 Å². The molecule has 0 aromatic carbocycles. The molecule has 0 aromatic heterocycles. The maximum absolute atomic E-state index is 10.5. The lowest BCUT2D eigenvalue weighted by atomic mass is 11.3. The van der Waals surface area contributed by atoms with Crippen molar-refractivity contribution in [3.8, 4) is 0 Å². The summed E-state index contributed by atoms with van der Waals surface area (Å²) in [5, 5.41) is 1.02. The van der Waals surface area contributed by atoms with E-state index in [0.717, 1.165) is 5.41 Å². The highest BCUT2D eigenvalue weighted by molar-refractivity contribution is 8.33. The highest BCUT2D eigenvalue weighted by atomic mass is 32.8. The average Bonchev–Trinajstić information content (AvgIpc) is 1.67. The van der Waals surface area contributed by atoms with Gasteiger partial charge in [0.15, 0.2) is 0 Å². The third-order valence-corrected chi connectivity index (χ3v) is 1.99. The van der Waals surface area contributed by atoms with Crippen LogP contribution in [0.2, 0.25) is 0 Å². The van der Waals surface area contributed by atoms with E-state index in [-0.39, 0.29) is 6.41 Å². The van der Waals surface area contributed by atoms with Gasteiger partial charge in [0.1, 0.15) is 8.68 Å². The van der Waals surface area contributed by atoms with E-state index in [1.165, 1.54) is 0 Å². The van der Waals surface area contributed by atoms with Crippen molar-refractivity contribution < 1.29 is 9.00 Å². The van der Waals surface area contributed by atoms with Crippen molar-refractivity contribution in [1.29, 1.82) is 0 Å². The predicted molar refractivity (Wildman–Crippen MR) is 34.9 cm³/mol. The second-order valence-corrected chi connectivity index (χ2v) is 4.09. The van der Waals surface area contributed by atoms with Crippen molar-refractivity contribution in [2.24, 2.45) is 0 Å². The van der Waals surface area contributed by atoms with Crippen LogP contribution in [0.5, 0.6) is 0 Å². The molecule has 0 radical (unpaired) electrons. The first-order chi connectivity index (χ1) is 3.62. The lowest BCUT2D eigenvalue weighted by Gasteiger charge is -1.92. The Kier molecular flexibility index (Phi) is 2.64. The zero-order valence-electron chi connectivity index (χ0n) is 3.99. The number of hydrogen-bond acceptors (Lipinski definition) is 3. The number of nitrogens with one attached hydrogen (secondary N) is 1. The number of rotatable bonds is 3. The molecule has 0 aliphatic heterocycles. The van der Waals surface area contributed by atoms with Crippen molar-refractivity contribution in [1.82, 2.24) is 4.72 Å². The maximum atomic E-state index is 10.5. The standard InChI is InChI=1S/C3H5NO2S2/c1-2-8(6,7)4-3-5/h2-3H,1H2,(H,4,5). The van der Waals surface area contributed by atoms with Gasteiger partial charge in [0.2, 0.25) is 6.41 Å². The molecule has 0 saturated heterocycles. The van der Waals surface area contributed by atoms with Crippen molar-refractivity contribution >= 4 is 26.3 Å². The van der Waals surface area contributed by atoms with E-state index in [0.29, 0.717) is 0 Å². The second-order valence-electron chi connectivity index (χ2n) is 0.947. The summed E-state index contributed by atoms with van der Waals surface area (Å²) in [4.78, 5) is 9.57. The first-order valence-electron chi connectivity index (χ1n) is 1.71. The van der Waals surface area contributed by atoms with Crippen LogP contribution in [0.15, 0.2) is 12.0 Å². The van der Waals surface area contributed by atoms with E-state index in [1.807, 2.05) is 4.72 Å². The molecule has 0 rings (SSSR count). The minimum absolute atomic E-state index is 0.289. The largest absolute Gasteiger partial charge is 0.278 e. The van der Waals surface area contributed by atoms with Crippen LogP contribution >= 0.6 is 0 Å². The summed E-state index contributed by atoms with van der Waals surface area (Å²) in [7, 11) is -2.69. The molecule has 46 valence electrons.